The third-order valence-corrected chi connectivity index (χ3v) is 10.5. The molecule has 288 valence electrons. The molecule has 3 aliphatic rings. The second-order valence-electron chi connectivity index (χ2n) is 13.6. The number of likely N-dealkylation sites (tertiary alicyclic amines) is 1. The van der Waals surface area contributed by atoms with Gasteiger partial charge in [-0.1, -0.05) is 24.3 Å². The Kier molecular flexibility index (Phi) is 11.9. The largest absolute Gasteiger partial charge is 0.491 e. The highest BCUT2D eigenvalue weighted by atomic mass is 79.9. The number of benzene rings is 2. The molecular formula is C39H41BrN6O9. The molecule has 55 heavy (non-hydrogen) atoms. The summed E-state index contributed by atoms with van der Waals surface area (Å²) in [5.74, 6) is -0.494. The topological polar surface area (TPSA) is 170 Å². The van der Waals surface area contributed by atoms with Crippen molar-refractivity contribution in [1.29, 1.82) is 0 Å². The van der Waals surface area contributed by atoms with Crippen molar-refractivity contribution in [1.82, 2.24) is 24.5 Å². The molecule has 3 aliphatic heterocycles. The first-order valence-electron chi connectivity index (χ1n) is 18.2. The number of fused-ring (bicyclic) bond motifs is 2. The number of carbonyl (C=O) groups is 4. The number of pyridine rings is 1. The lowest BCUT2D eigenvalue weighted by Crippen LogP contribution is -2.54. The predicted molar refractivity (Wildman–Crippen MR) is 204 cm³/mol. The van der Waals surface area contributed by atoms with Crippen molar-refractivity contribution in [3.05, 3.63) is 98.4 Å². The number of halogens is 1. The Hall–Kier alpha value is -5.16. The summed E-state index contributed by atoms with van der Waals surface area (Å²) < 4.78 is 24.9. The standard InChI is InChI=1S/C39H41BrN6O9/c1-44-22-25(21-26(23-44)41-35-34(40)39(51)45-14-3-2-7-31(45)42-35)24-8-10-27(11-9-24)54-19-17-52-15-16-53-18-20-55-30-6-4-5-28-33(30)38(50)46(37(28)49)29-12-13-32(47)43-36(29)48/h2-11,14,25-26,29,41H,12-13,15-23H2,1H3,(H,43,47,48). The van der Waals surface area contributed by atoms with Gasteiger partial charge < -0.3 is 29.2 Å². The van der Waals surface area contributed by atoms with E-state index in [9.17, 15) is 24.0 Å². The van der Waals surface area contributed by atoms with Crippen LogP contribution in [0.2, 0.25) is 0 Å². The van der Waals surface area contributed by atoms with Crippen LogP contribution < -0.4 is 25.7 Å². The molecule has 2 saturated heterocycles. The molecule has 2 aromatic carbocycles. The number of nitrogens with one attached hydrogen (secondary N) is 2. The minimum atomic E-state index is -1.04. The van der Waals surface area contributed by atoms with Crippen LogP contribution in [0.4, 0.5) is 5.82 Å². The number of likely N-dealkylation sites (N-methyl/N-ethyl adjacent to an activating group) is 1. The fourth-order valence-corrected chi connectivity index (χ4v) is 7.61. The third kappa shape index (κ3) is 8.57. The molecule has 0 aliphatic carbocycles. The van der Waals surface area contributed by atoms with Crippen LogP contribution in [0, 0.1) is 0 Å². The van der Waals surface area contributed by atoms with Crippen LogP contribution in [0.3, 0.4) is 0 Å². The maximum absolute atomic E-state index is 13.2. The number of anilines is 1. The van der Waals surface area contributed by atoms with Gasteiger partial charge in [0.1, 0.15) is 46.7 Å². The normalized spacial score (nSPS) is 20.1. The average Bonchev–Trinajstić information content (AvgIpc) is 3.43. The quantitative estimate of drug-likeness (QED) is 0.133. The number of rotatable bonds is 15. The van der Waals surface area contributed by atoms with Gasteiger partial charge >= 0.3 is 0 Å². The van der Waals surface area contributed by atoms with Gasteiger partial charge in [-0.2, -0.15) is 0 Å². The SMILES string of the molecule is CN1CC(Nc2nc3ccccn3c(=O)c2Br)CC(c2ccc(OCCOCCOCCOc3cccc4c3C(=O)N(C3CCC(=O)NC3=O)C4=O)cc2)C1. The lowest BCUT2D eigenvalue weighted by atomic mass is 9.88. The predicted octanol–water partition coefficient (Wildman–Crippen LogP) is 3.25. The number of ether oxygens (including phenoxy) is 4. The molecule has 4 amide bonds. The second kappa shape index (κ2) is 17.1. The van der Waals surface area contributed by atoms with E-state index in [1.165, 1.54) is 16.0 Å². The first kappa shape index (κ1) is 38.1. The van der Waals surface area contributed by atoms with Gasteiger partial charge in [0, 0.05) is 31.7 Å². The summed E-state index contributed by atoms with van der Waals surface area (Å²) in [5, 5.41) is 5.70. The van der Waals surface area contributed by atoms with Gasteiger partial charge in [0.15, 0.2) is 0 Å². The van der Waals surface area contributed by atoms with Gasteiger partial charge in [-0.15, -0.1) is 0 Å². The van der Waals surface area contributed by atoms with E-state index in [1.807, 2.05) is 24.3 Å². The van der Waals surface area contributed by atoms with Crippen molar-refractivity contribution < 1.29 is 38.1 Å². The highest BCUT2D eigenvalue weighted by molar-refractivity contribution is 9.10. The van der Waals surface area contributed by atoms with E-state index in [4.69, 9.17) is 18.9 Å². The lowest BCUT2D eigenvalue weighted by molar-refractivity contribution is -0.136. The molecular weight excluding hydrogens is 776 g/mol. The first-order chi connectivity index (χ1) is 26.7. The number of amides is 4. The zero-order valence-electron chi connectivity index (χ0n) is 30.2. The smallest absolute Gasteiger partial charge is 0.274 e. The molecule has 15 nitrogen and oxygen atoms in total. The van der Waals surface area contributed by atoms with Crippen LogP contribution in [0.1, 0.15) is 51.5 Å². The second-order valence-corrected chi connectivity index (χ2v) is 14.4. The molecule has 3 unspecified atom stereocenters. The van der Waals surface area contributed by atoms with Crippen molar-refractivity contribution >= 4 is 51.0 Å². The number of imide groups is 2. The summed E-state index contributed by atoms with van der Waals surface area (Å²) in [5.41, 5.74) is 1.90. The molecule has 0 spiro atoms. The maximum Gasteiger partial charge on any atom is 0.274 e. The third-order valence-electron chi connectivity index (χ3n) is 9.79. The van der Waals surface area contributed by atoms with E-state index in [0.717, 1.165) is 30.2 Å². The number of carbonyl (C=O) groups excluding carboxylic acids is 4. The van der Waals surface area contributed by atoms with E-state index in [0.29, 0.717) is 42.4 Å². The number of aromatic nitrogens is 2. The van der Waals surface area contributed by atoms with E-state index in [1.54, 1.807) is 24.4 Å². The summed E-state index contributed by atoms with van der Waals surface area (Å²) in [6.07, 6.45) is 2.72. The summed E-state index contributed by atoms with van der Waals surface area (Å²) >= 11 is 3.45. The molecule has 3 atom stereocenters. The van der Waals surface area contributed by atoms with Crippen LogP contribution in [0.5, 0.6) is 11.5 Å². The van der Waals surface area contributed by atoms with Gasteiger partial charge in [0.05, 0.1) is 37.6 Å². The molecule has 5 heterocycles. The zero-order chi connectivity index (χ0) is 38.5. The van der Waals surface area contributed by atoms with Crippen molar-refractivity contribution in [3.63, 3.8) is 0 Å². The molecule has 2 N–H and O–H groups in total. The lowest BCUT2D eigenvalue weighted by Gasteiger charge is -2.36. The molecule has 7 rings (SSSR count). The van der Waals surface area contributed by atoms with Crippen molar-refractivity contribution in [2.45, 2.75) is 37.3 Å². The molecule has 0 radical (unpaired) electrons. The summed E-state index contributed by atoms with van der Waals surface area (Å²) in [6.45, 7) is 3.51. The average molecular weight is 818 g/mol. The first-order valence-corrected chi connectivity index (χ1v) is 18.9. The Morgan fingerprint density at radius 1 is 0.855 bits per heavy atom. The van der Waals surface area contributed by atoms with Gasteiger partial charge in [-0.3, -0.25) is 38.6 Å². The molecule has 2 fully saturated rings. The highest BCUT2D eigenvalue weighted by Crippen LogP contribution is 2.34. The van der Waals surface area contributed by atoms with E-state index in [-0.39, 0.29) is 60.5 Å². The maximum atomic E-state index is 13.2. The van der Waals surface area contributed by atoms with Crippen LogP contribution in [0.15, 0.2) is 76.1 Å². The highest BCUT2D eigenvalue weighted by Gasteiger charge is 2.46. The molecule has 2 aromatic heterocycles. The Labute approximate surface area is 325 Å². The summed E-state index contributed by atoms with van der Waals surface area (Å²) in [6, 6.07) is 17.4. The van der Waals surface area contributed by atoms with E-state index in [2.05, 4.69) is 55.6 Å². The Balaban J connectivity index is 0.795. The minimum absolute atomic E-state index is 0.0480. The number of piperidine rings is 2. The van der Waals surface area contributed by atoms with Crippen molar-refractivity contribution in [2.24, 2.45) is 0 Å². The van der Waals surface area contributed by atoms with Gasteiger partial charge in [-0.05, 0) is 83.7 Å². The van der Waals surface area contributed by atoms with E-state index < -0.39 is 29.7 Å². The van der Waals surface area contributed by atoms with Crippen molar-refractivity contribution in [2.75, 3.05) is 65.1 Å². The number of hydrogen-bond donors (Lipinski definition) is 2. The van der Waals surface area contributed by atoms with Crippen LogP contribution in [-0.4, -0.2) is 115 Å². The van der Waals surface area contributed by atoms with E-state index >= 15 is 0 Å². The molecule has 0 saturated carbocycles. The van der Waals surface area contributed by atoms with Gasteiger partial charge in [0.2, 0.25) is 11.8 Å². The summed E-state index contributed by atoms with van der Waals surface area (Å²) in [4.78, 5) is 70.8. The number of hydrogen-bond acceptors (Lipinski definition) is 12. The Morgan fingerprint density at radius 2 is 1.60 bits per heavy atom. The number of nitrogens with zero attached hydrogens (tertiary/aromatic N) is 4. The summed E-state index contributed by atoms with van der Waals surface area (Å²) in [7, 11) is 2.10. The molecule has 0 bridgehead atoms. The molecule has 16 heteroatoms. The fourth-order valence-electron chi connectivity index (χ4n) is 7.21. The van der Waals surface area contributed by atoms with Crippen molar-refractivity contribution in [3.8, 4) is 11.5 Å². The zero-order valence-corrected chi connectivity index (χ0v) is 31.8. The van der Waals surface area contributed by atoms with Crippen LogP contribution in [-0.2, 0) is 19.1 Å². The van der Waals surface area contributed by atoms with Crippen LogP contribution in [0.25, 0.3) is 5.65 Å². The Bertz CT molecular complexity index is 2140. The molecule has 4 aromatic rings. The van der Waals surface area contributed by atoms with Gasteiger partial charge in [-0.25, -0.2) is 4.98 Å². The minimum Gasteiger partial charge on any atom is -0.491 e. The monoisotopic (exact) mass is 816 g/mol. The fraction of sp³-hybridized carbons (Fsp3) is 0.385. The van der Waals surface area contributed by atoms with Gasteiger partial charge in [0.25, 0.3) is 17.4 Å². The van der Waals surface area contributed by atoms with Crippen LogP contribution >= 0.6 is 15.9 Å². The Morgan fingerprint density at radius 3 is 2.36 bits per heavy atom.